The summed E-state index contributed by atoms with van der Waals surface area (Å²) in [6.45, 7) is 0.277. The van der Waals surface area contributed by atoms with Gasteiger partial charge in [0.25, 0.3) is 0 Å². The summed E-state index contributed by atoms with van der Waals surface area (Å²) in [7, 11) is 0. The maximum Gasteiger partial charge on any atom is 0.189 e. The van der Waals surface area contributed by atoms with Gasteiger partial charge in [0.2, 0.25) is 0 Å². The minimum Gasteiger partial charge on any atom is -0.486 e. The van der Waals surface area contributed by atoms with Crippen molar-refractivity contribution in [1.29, 1.82) is 0 Å². The first-order chi connectivity index (χ1) is 9.22. The van der Waals surface area contributed by atoms with Crippen molar-refractivity contribution in [3.63, 3.8) is 0 Å². The van der Waals surface area contributed by atoms with Crippen LogP contribution in [0.15, 0.2) is 42.5 Å². The topological polar surface area (TPSA) is 39.4 Å². The molecule has 0 spiro atoms. The van der Waals surface area contributed by atoms with Crippen LogP contribution in [0.2, 0.25) is 10.2 Å². The number of pyridine rings is 1. The molecule has 0 atom stereocenters. The molecule has 0 radical (unpaired) electrons. The summed E-state index contributed by atoms with van der Waals surface area (Å²) in [5.41, 5.74) is 0.696. The van der Waals surface area contributed by atoms with Gasteiger partial charge in [-0.25, -0.2) is 9.50 Å². The lowest BCUT2D eigenvalue weighted by Gasteiger charge is -2.02. The van der Waals surface area contributed by atoms with Gasteiger partial charge in [0.15, 0.2) is 11.5 Å². The number of rotatable bonds is 3. The Labute approximate surface area is 119 Å². The standard InChI is InChI=1S/C13H9Cl2N3O/c14-9-4-6-10(7-5-9)19-8-12-16-13-3-1-2-11(15)18(13)17-12/h1-7H,8H2. The maximum absolute atomic E-state index is 6.01. The van der Waals surface area contributed by atoms with E-state index in [2.05, 4.69) is 10.1 Å². The number of hydrogen-bond acceptors (Lipinski definition) is 3. The highest BCUT2D eigenvalue weighted by atomic mass is 35.5. The van der Waals surface area contributed by atoms with E-state index >= 15 is 0 Å². The van der Waals surface area contributed by atoms with E-state index in [-0.39, 0.29) is 6.61 Å². The van der Waals surface area contributed by atoms with E-state index in [1.807, 2.05) is 12.1 Å². The number of nitrogens with zero attached hydrogens (tertiary/aromatic N) is 3. The number of hydrogen-bond donors (Lipinski definition) is 0. The lowest BCUT2D eigenvalue weighted by Crippen LogP contribution is -1.98. The third-order valence-electron chi connectivity index (χ3n) is 2.54. The summed E-state index contributed by atoms with van der Waals surface area (Å²) in [4.78, 5) is 4.32. The molecule has 0 unspecified atom stereocenters. The lowest BCUT2D eigenvalue weighted by atomic mass is 10.3. The molecule has 6 heteroatoms. The molecule has 0 saturated heterocycles. The predicted octanol–water partition coefficient (Wildman–Crippen LogP) is 3.62. The molecule has 0 aliphatic rings. The van der Waals surface area contributed by atoms with Crippen LogP contribution in [0.25, 0.3) is 5.65 Å². The normalized spacial score (nSPS) is 10.8. The molecule has 0 amide bonds. The van der Waals surface area contributed by atoms with Crippen LogP contribution >= 0.6 is 23.2 Å². The third-order valence-corrected chi connectivity index (χ3v) is 3.08. The summed E-state index contributed by atoms with van der Waals surface area (Å²) in [6, 6.07) is 12.6. The molecule has 0 fully saturated rings. The Kier molecular flexibility index (Phi) is 3.27. The van der Waals surface area contributed by atoms with Crippen LogP contribution in [0.1, 0.15) is 5.82 Å². The average Bonchev–Trinajstić information content (AvgIpc) is 2.83. The molecule has 1 aromatic carbocycles. The molecule has 3 aromatic rings. The summed E-state index contributed by atoms with van der Waals surface area (Å²) >= 11 is 11.8. The van der Waals surface area contributed by atoms with E-state index in [1.54, 1.807) is 34.8 Å². The zero-order valence-electron chi connectivity index (χ0n) is 9.75. The molecule has 3 rings (SSSR count). The van der Waals surface area contributed by atoms with E-state index < -0.39 is 0 Å². The first-order valence-electron chi connectivity index (χ1n) is 5.61. The van der Waals surface area contributed by atoms with E-state index in [9.17, 15) is 0 Å². The van der Waals surface area contributed by atoms with Crippen molar-refractivity contribution in [2.24, 2.45) is 0 Å². The highest BCUT2D eigenvalue weighted by Gasteiger charge is 2.06. The van der Waals surface area contributed by atoms with Crippen LogP contribution in [0.3, 0.4) is 0 Å². The minimum absolute atomic E-state index is 0.277. The van der Waals surface area contributed by atoms with Crippen molar-refractivity contribution < 1.29 is 4.74 Å². The highest BCUT2D eigenvalue weighted by Crippen LogP contribution is 2.17. The molecule has 0 aliphatic carbocycles. The van der Waals surface area contributed by atoms with Gasteiger partial charge >= 0.3 is 0 Å². The molecule has 0 N–H and O–H groups in total. The van der Waals surface area contributed by atoms with Crippen molar-refractivity contribution in [2.45, 2.75) is 6.61 Å². The number of fused-ring (bicyclic) bond motifs is 1. The molecule has 4 nitrogen and oxygen atoms in total. The zero-order chi connectivity index (χ0) is 13.2. The molecule has 2 heterocycles. The first kappa shape index (κ1) is 12.3. The Morgan fingerprint density at radius 1 is 1.05 bits per heavy atom. The van der Waals surface area contributed by atoms with E-state index in [0.717, 1.165) is 0 Å². The van der Waals surface area contributed by atoms with Crippen molar-refractivity contribution in [3.8, 4) is 5.75 Å². The maximum atomic E-state index is 6.01. The van der Waals surface area contributed by atoms with Gasteiger partial charge in [0.1, 0.15) is 17.5 Å². The van der Waals surface area contributed by atoms with Crippen LogP contribution < -0.4 is 4.74 Å². The van der Waals surface area contributed by atoms with Crippen LogP contribution in [-0.2, 0) is 6.61 Å². The largest absolute Gasteiger partial charge is 0.486 e. The summed E-state index contributed by atoms with van der Waals surface area (Å²) in [5.74, 6) is 1.29. The van der Waals surface area contributed by atoms with Gasteiger partial charge in [-0.2, -0.15) is 0 Å². The number of benzene rings is 1. The Balaban J connectivity index is 1.78. The van der Waals surface area contributed by atoms with E-state index in [4.69, 9.17) is 27.9 Å². The second kappa shape index (κ2) is 5.07. The van der Waals surface area contributed by atoms with Gasteiger partial charge in [-0.05, 0) is 36.4 Å². The monoisotopic (exact) mass is 293 g/mol. The Morgan fingerprint density at radius 2 is 1.84 bits per heavy atom. The average molecular weight is 294 g/mol. The van der Waals surface area contributed by atoms with Crippen LogP contribution in [0, 0.1) is 0 Å². The lowest BCUT2D eigenvalue weighted by molar-refractivity contribution is 0.296. The van der Waals surface area contributed by atoms with Gasteiger partial charge in [-0.15, -0.1) is 5.10 Å². The Morgan fingerprint density at radius 3 is 2.58 bits per heavy atom. The molecule has 0 aliphatic heterocycles. The fourth-order valence-corrected chi connectivity index (χ4v) is 1.98. The van der Waals surface area contributed by atoms with E-state index in [0.29, 0.717) is 27.4 Å². The SMILES string of the molecule is Clc1ccc(OCc2nc3cccc(Cl)n3n2)cc1. The van der Waals surface area contributed by atoms with Crippen molar-refractivity contribution in [3.05, 3.63) is 58.5 Å². The van der Waals surface area contributed by atoms with Gasteiger partial charge < -0.3 is 4.74 Å². The zero-order valence-corrected chi connectivity index (χ0v) is 11.3. The Bertz CT molecular complexity index is 709. The molecule has 2 aromatic heterocycles. The smallest absolute Gasteiger partial charge is 0.189 e. The van der Waals surface area contributed by atoms with Gasteiger partial charge in [0.05, 0.1) is 0 Å². The van der Waals surface area contributed by atoms with Crippen molar-refractivity contribution >= 4 is 28.8 Å². The van der Waals surface area contributed by atoms with Crippen LogP contribution in [0.4, 0.5) is 0 Å². The summed E-state index contributed by atoms with van der Waals surface area (Å²) < 4.78 is 7.15. The number of ether oxygens (including phenoxy) is 1. The van der Waals surface area contributed by atoms with Crippen LogP contribution in [-0.4, -0.2) is 14.6 Å². The van der Waals surface area contributed by atoms with Gasteiger partial charge in [-0.1, -0.05) is 29.3 Å². The molecular weight excluding hydrogens is 285 g/mol. The van der Waals surface area contributed by atoms with Crippen molar-refractivity contribution in [1.82, 2.24) is 14.6 Å². The first-order valence-corrected chi connectivity index (χ1v) is 6.36. The molecule has 0 bridgehead atoms. The van der Waals surface area contributed by atoms with Crippen LogP contribution in [0.5, 0.6) is 5.75 Å². The molecule has 96 valence electrons. The second-order valence-electron chi connectivity index (χ2n) is 3.89. The fraction of sp³-hybridized carbons (Fsp3) is 0.0769. The molecular formula is C13H9Cl2N3O. The molecule has 19 heavy (non-hydrogen) atoms. The summed E-state index contributed by atoms with van der Waals surface area (Å²) in [6.07, 6.45) is 0. The number of aromatic nitrogens is 3. The Hall–Kier alpha value is -1.78. The third kappa shape index (κ3) is 2.64. The highest BCUT2D eigenvalue weighted by molar-refractivity contribution is 6.30. The molecule has 0 saturated carbocycles. The van der Waals surface area contributed by atoms with Gasteiger partial charge in [0, 0.05) is 5.02 Å². The van der Waals surface area contributed by atoms with E-state index in [1.165, 1.54) is 0 Å². The van der Waals surface area contributed by atoms with Crippen molar-refractivity contribution in [2.75, 3.05) is 0 Å². The summed E-state index contributed by atoms with van der Waals surface area (Å²) in [5, 5.41) is 5.46. The predicted molar refractivity (Wildman–Crippen MR) is 73.8 cm³/mol. The quantitative estimate of drug-likeness (QED) is 0.693. The van der Waals surface area contributed by atoms with Gasteiger partial charge in [-0.3, -0.25) is 0 Å². The second-order valence-corrected chi connectivity index (χ2v) is 4.71. The fourth-order valence-electron chi connectivity index (χ4n) is 1.66. The minimum atomic E-state index is 0.277. The number of halogens is 2.